The van der Waals surface area contributed by atoms with Crippen LogP contribution in [0.3, 0.4) is 0 Å². The van der Waals surface area contributed by atoms with E-state index in [0.29, 0.717) is 29.1 Å². The van der Waals surface area contributed by atoms with Gasteiger partial charge in [0.25, 0.3) is 5.56 Å². The largest absolute Gasteiger partial charge is 0.493 e. The monoisotopic (exact) mass is 474 g/mol. The fourth-order valence-corrected chi connectivity index (χ4v) is 3.94. The van der Waals surface area contributed by atoms with Crippen molar-refractivity contribution in [1.82, 2.24) is 14.1 Å². The van der Waals surface area contributed by atoms with Gasteiger partial charge in [-0.2, -0.15) is 0 Å². The number of methoxy groups -OCH3 is 2. The molecule has 0 aliphatic rings. The van der Waals surface area contributed by atoms with E-state index in [2.05, 4.69) is 10.3 Å². The summed E-state index contributed by atoms with van der Waals surface area (Å²) in [6, 6.07) is 16.0. The number of benzene rings is 2. The number of anilines is 1. The summed E-state index contributed by atoms with van der Waals surface area (Å²) in [7, 11) is 3.10. The molecule has 0 bridgehead atoms. The van der Waals surface area contributed by atoms with Crippen molar-refractivity contribution in [3.8, 4) is 11.5 Å². The van der Waals surface area contributed by atoms with E-state index in [1.165, 1.54) is 10.8 Å². The van der Waals surface area contributed by atoms with Gasteiger partial charge in [-0.3, -0.25) is 18.7 Å². The van der Waals surface area contributed by atoms with E-state index >= 15 is 0 Å². The molecule has 0 fully saturated rings. The summed E-state index contributed by atoms with van der Waals surface area (Å²) in [4.78, 5) is 43.4. The number of hydrogen-bond donors (Lipinski definition) is 1. The summed E-state index contributed by atoms with van der Waals surface area (Å²) in [5.41, 5.74) is 1.85. The van der Waals surface area contributed by atoms with Crippen LogP contribution in [0.1, 0.15) is 11.1 Å². The van der Waals surface area contributed by atoms with Gasteiger partial charge in [0.2, 0.25) is 5.91 Å². The van der Waals surface area contributed by atoms with E-state index in [4.69, 9.17) is 9.47 Å². The Balaban J connectivity index is 1.66. The van der Waals surface area contributed by atoms with Crippen LogP contribution < -0.4 is 26.0 Å². The maximum atomic E-state index is 13.4. The number of amides is 1. The highest BCUT2D eigenvalue weighted by Gasteiger charge is 2.17. The van der Waals surface area contributed by atoms with E-state index in [-0.39, 0.29) is 24.5 Å². The number of fused-ring (bicyclic) bond motifs is 1. The number of rotatable bonds is 8. The molecule has 4 aromatic rings. The number of aryl methyl sites for hydroxylation is 2. The SMILES string of the molecule is COc1ccc(CCn2c(=O)c3ncccc3n(CC(=O)Nc3cccc(C)c3)c2=O)cc1OC. The molecule has 2 heterocycles. The van der Waals surface area contributed by atoms with Crippen LogP contribution in [0, 0.1) is 6.92 Å². The molecule has 0 spiro atoms. The number of aromatic nitrogens is 3. The molecule has 0 radical (unpaired) electrons. The summed E-state index contributed by atoms with van der Waals surface area (Å²) < 4.78 is 13.0. The van der Waals surface area contributed by atoms with Gasteiger partial charge in [-0.1, -0.05) is 18.2 Å². The van der Waals surface area contributed by atoms with E-state index in [1.54, 1.807) is 44.6 Å². The van der Waals surface area contributed by atoms with Crippen molar-refractivity contribution in [1.29, 1.82) is 0 Å². The molecule has 4 rings (SSSR count). The minimum Gasteiger partial charge on any atom is -0.493 e. The van der Waals surface area contributed by atoms with Crippen molar-refractivity contribution in [3.63, 3.8) is 0 Å². The normalized spacial score (nSPS) is 10.8. The third-order valence-corrected chi connectivity index (χ3v) is 5.66. The molecule has 35 heavy (non-hydrogen) atoms. The molecule has 180 valence electrons. The first-order chi connectivity index (χ1) is 16.9. The molecule has 2 aromatic heterocycles. The fraction of sp³-hybridized carbons (Fsp3) is 0.231. The van der Waals surface area contributed by atoms with E-state index in [9.17, 15) is 14.4 Å². The van der Waals surface area contributed by atoms with Crippen molar-refractivity contribution in [2.24, 2.45) is 0 Å². The molecule has 1 N–H and O–H groups in total. The first kappa shape index (κ1) is 23.7. The minimum absolute atomic E-state index is 0.110. The lowest BCUT2D eigenvalue weighted by Crippen LogP contribution is -2.42. The van der Waals surface area contributed by atoms with Crippen LogP contribution in [-0.4, -0.2) is 34.2 Å². The van der Waals surface area contributed by atoms with Gasteiger partial charge in [-0.15, -0.1) is 0 Å². The Morgan fingerprint density at radius 3 is 2.51 bits per heavy atom. The Labute approximate surface area is 201 Å². The standard InChI is InChI=1S/C26H26N4O5/c1-17-6-4-7-19(14-17)28-23(31)16-30-20-8-5-12-27-24(20)25(32)29(26(30)33)13-11-18-9-10-21(34-2)22(15-18)35-3/h4-10,12,14-15H,11,13,16H2,1-3H3,(H,28,31). The zero-order valence-corrected chi connectivity index (χ0v) is 19.8. The number of hydrogen-bond acceptors (Lipinski definition) is 6. The van der Waals surface area contributed by atoms with E-state index < -0.39 is 11.2 Å². The van der Waals surface area contributed by atoms with Crippen LogP contribution >= 0.6 is 0 Å². The van der Waals surface area contributed by atoms with Crippen LogP contribution in [0.5, 0.6) is 11.5 Å². The predicted octanol–water partition coefficient (Wildman–Crippen LogP) is 2.77. The van der Waals surface area contributed by atoms with Gasteiger partial charge in [-0.05, 0) is 60.9 Å². The molecule has 0 atom stereocenters. The highest BCUT2D eigenvalue weighted by Crippen LogP contribution is 2.27. The molecule has 0 saturated heterocycles. The van der Waals surface area contributed by atoms with E-state index in [0.717, 1.165) is 15.7 Å². The maximum absolute atomic E-state index is 13.4. The number of carbonyl (C=O) groups excluding carboxylic acids is 1. The molecule has 9 heteroatoms. The predicted molar refractivity (Wildman–Crippen MR) is 133 cm³/mol. The van der Waals surface area contributed by atoms with Gasteiger partial charge in [-0.25, -0.2) is 9.78 Å². The lowest BCUT2D eigenvalue weighted by Gasteiger charge is -2.14. The third-order valence-electron chi connectivity index (χ3n) is 5.66. The second-order valence-electron chi connectivity index (χ2n) is 8.05. The van der Waals surface area contributed by atoms with Gasteiger partial charge in [0.05, 0.1) is 19.7 Å². The molecule has 0 unspecified atom stereocenters. The number of ether oxygens (including phenoxy) is 2. The van der Waals surface area contributed by atoms with Crippen LogP contribution in [0.2, 0.25) is 0 Å². The second kappa shape index (κ2) is 10.3. The Morgan fingerprint density at radius 2 is 1.77 bits per heavy atom. The summed E-state index contributed by atoms with van der Waals surface area (Å²) in [6.07, 6.45) is 1.88. The van der Waals surface area contributed by atoms with Gasteiger partial charge in [0.15, 0.2) is 17.0 Å². The number of pyridine rings is 1. The summed E-state index contributed by atoms with van der Waals surface area (Å²) in [5.74, 6) is 0.765. The third kappa shape index (κ3) is 5.08. The molecular weight excluding hydrogens is 448 g/mol. The van der Waals surface area contributed by atoms with Gasteiger partial charge in [0, 0.05) is 18.4 Å². The van der Waals surface area contributed by atoms with Gasteiger partial charge >= 0.3 is 5.69 Å². The molecule has 0 aliphatic carbocycles. The zero-order chi connectivity index (χ0) is 24.9. The second-order valence-corrected chi connectivity index (χ2v) is 8.05. The van der Waals surface area contributed by atoms with Crippen LogP contribution in [0.15, 0.2) is 70.4 Å². The molecule has 1 amide bonds. The summed E-state index contributed by atoms with van der Waals surface area (Å²) in [6.45, 7) is 1.78. The Morgan fingerprint density at radius 1 is 0.971 bits per heavy atom. The molecule has 9 nitrogen and oxygen atoms in total. The van der Waals surface area contributed by atoms with Crippen molar-refractivity contribution in [3.05, 3.63) is 92.8 Å². The molecular formula is C26H26N4O5. The Bertz CT molecular complexity index is 1510. The highest BCUT2D eigenvalue weighted by atomic mass is 16.5. The summed E-state index contributed by atoms with van der Waals surface area (Å²) in [5, 5.41) is 2.81. The van der Waals surface area contributed by atoms with Crippen molar-refractivity contribution in [2.45, 2.75) is 26.4 Å². The zero-order valence-electron chi connectivity index (χ0n) is 19.8. The van der Waals surface area contributed by atoms with Crippen molar-refractivity contribution < 1.29 is 14.3 Å². The molecule has 0 saturated carbocycles. The van der Waals surface area contributed by atoms with Crippen molar-refractivity contribution >= 4 is 22.6 Å². The quantitative estimate of drug-likeness (QED) is 0.421. The first-order valence-corrected chi connectivity index (χ1v) is 11.1. The molecule has 2 aromatic carbocycles. The van der Waals surface area contributed by atoms with Crippen LogP contribution in [0.4, 0.5) is 5.69 Å². The van der Waals surface area contributed by atoms with E-state index in [1.807, 2.05) is 31.2 Å². The first-order valence-electron chi connectivity index (χ1n) is 11.1. The molecule has 0 aliphatic heterocycles. The van der Waals surface area contributed by atoms with Gasteiger partial charge < -0.3 is 14.8 Å². The minimum atomic E-state index is -0.574. The summed E-state index contributed by atoms with van der Waals surface area (Å²) >= 11 is 0. The average Bonchev–Trinajstić information content (AvgIpc) is 2.86. The number of nitrogens with one attached hydrogen (secondary N) is 1. The topological polar surface area (TPSA) is 104 Å². The Hall–Kier alpha value is -4.40. The van der Waals surface area contributed by atoms with Crippen molar-refractivity contribution in [2.75, 3.05) is 19.5 Å². The highest BCUT2D eigenvalue weighted by molar-refractivity contribution is 5.91. The average molecular weight is 475 g/mol. The number of carbonyl (C=O) groups is 1. The maximum Gasteiger partial charge on any atom is 0.332 e. The smallest absolute Gasteiger partial charge is 0.332 e. The lowest BCUT2D eigenvalue weighted by molar-refractivity contribution is -0.116. The fourth-order valence-electron chi connectivity index (χ4n) is 3.94. The van der Waals surface area contributed by atoms with Gasteiger partial charge in [0.1, 0.15) is 6.54 Å². The number of nitrogens with zero attached hydrogens (tertiary/aromatic N) is 3. The lowest BCUT2D eigenvalue weighted by atomic mass is 10.1. The van der Waals surface area contributed by atoms with Crippen LogP contribution in [0.25, 0.3) is 11.0 Å². The van der Waals surface area contributed by atoms with Crippen LogP contribution in [-0.2, 0) is 24.3 Å². The Kier molecular flexibility index (Phi) is 6.96.